The Kier molecular flexibility index (Phi) is 4.01. The van der Waals surface area contributed by atoms with Crippen molar-refractivity contribution >= 4 is 5.57 Å². The van der Waals surface area contributed by atoms with Gasteiger partial charge in [0.15, 0.2) is 0 Å². The van der Waals surface area contributed by atoms with Crippen molar-refractivity contribution < 1.29 is 8.78 Å². The zero-order valence-corrected chi connectivity index (χ0v) is 9.35. The molecule has 0 spiro atoms. The van der Waals surface area contributed by atoms with Crippen molar-refractivity contribution in [3.05, 3.63) is 41.5 Å². The lowest BCUT2D eigenvalue weighted by Crippen LogP contribution is -1.93. The average molecular weight is 210 g/mol. The van der Waals surface area contributed by atoms with Crippen molar-refractivity contribution in [2.24, 2.45) is 5.92 Å². The Bertz CT molecular complexity index is 343. The van der Waals surface area contributed by atoms with Crippen molar-refractivity contribution in [2.45, 2.75) is 27.2 Å². The Morgan fingerprint density at radius 1 is 1.13 bits per heavy atom. The van der Waals surface area contributed by atoms with Gasteiger partial charge in [0.25, 0.3) is 6.08 Å². The second kappa shape index (κ2) is 5.06. The zero-order valence-electron chi connectivity index (χ0n) is 9.35. The third kappa shape index (κ3) is 3.46. The molecule has 0 bridgehead atoms. The van der Waals surface area contributed by atoms with E-state index in [2.05, 4.69) is 13.8 Å². The molecular formula is C13H16F2. The monoisotopic (exact) mass is 210 g/mol. The molecule has 15 heavy (non-hydrogen) atoms. The lowest BCUT2D eigenvalue weighted by atomic mass is 10.00. The Hall–Kier alpha value is -1.18. The van der Waals surface area contributed by atoms with Gasteiger partial charge < -0.3 is 0 Å². The first-order chi connectivity index (χ1) is 7.00. The van der Waals surface area contributed by atoms with Gasteiger partial charge in [0.1, 0.15) is 0 Å². The fourth-order valence-electron chi connectivity index (χ4n) is 1.47. The van der Waals surface area contributed by atoms with E-state index < -0.39 is 6.08 Å². The van der Waals surface area contributed by atoms with E-state index in [1.165, 1.54) is 12.5 Å². The fraction of sp³-hybridized carbons (Fsp3) is 0.385. The summed E-state index contributed by atoms with van der Waals surface area (Å²) in [6, 6.07) is 7.35. The first kappa shape index (κ1) is 11.9. The molecule has 0 amide bonds. The summed E-state index contributed by atoms with van der Waals surface area (Å²) >= 11 is 0. The van der Waals surface area contributed by atoms with Crippen molar-refractivity contribution in [1.82, 2.24) is 0 Å². The lowest BCUT2D eigenvalue weighted by Gasteiger charge is -2.06. The average Bonchev–Trinajstić information content (AvgIpc) is 2.17. The van der Waals surface area contributed by atoms with Gasteiger partial charge in [-0.3, -0.25) is 0 Å². The Morgan fingerprint density at radius 3 is 2.07 bits per heavy atom. The molecule has 0 aliphatic carbocycles. The summed E-state index contributed by atoms with van der Waals surface area (Å²) in [4.78, 5) is 0. The number of hydrogen-bond donors (Lipinski definition) is 0. The van der Waals surface area contributed by atoms with Crippen LogP contribution in [0, 0.1) is 5.92 Å². The largest absolute Gasteiger partial charge is 0.273 e. The Labute approximate surface area is 89.6 Å². The van der Waals surface area contributed by atoms with Gasteiger partial charge in [0, 0.05) is 5.57 Å². The van der Waals surface area contributed by atoms with Crippen LogP contribution in [-0.2, 0) is 6.42 Å². The molecule has 0 fully saturated rings. The van der Waals surface area contributed by atoms with Crippen LogP contribution < -0.4 is 0 Å². The molecule has 1 aromatic carbocycles. The maximum absolute atomic E-state index is 12.3. The molecule has 0 heterocycles. The number of halogens is 2. The fourth-order valence-corrected chi connectivity index (χ4v) is 1.47. The summed E-state index contributed by atoms with van der Waals surface area (Å²) in [6.45, 7) is 5.72. The first-order valence-corrected chi connectivity index (χ1v) is 5.12. The number of hydrogen-bond acceptors (Lipinski definition) is 0. The summed E-state index contributed by atoms with van der Waals surface area (Å²) in [7, 11) is 0. The van der Waals surface area contributed by atoms with Crippen molar-refractivity contribution in [1.29, 1.82) is 0 Å². The van der Waals surface area contributed by atoms with Crippen LogP contribution >= 0.6 is 0 Å². The molecule has 0 aliphatic rings. The van der Waals surface area contributed by atoms with Gasteiger partial charge in [-0.15, -0.1) is 0 Å². The highest BCUT2D eigenvalue weighted by atomic mass is 19.3. The minimum Gasteiger partial charge on any atom is -0.173 e. The molecular weight excluding hydrogens is 194 g/mol. The minimum atomic E-state index is -1.60. The summed E-state index contributed by atoms with van der Waals surface area (Å²) in [5.41, 5.74) is 1.86. The van der Waals surface area contributed by atoms with Gasteiger partial charge in [-0.2, -0.15) is 8.78 Å². The topological polar surface area (TPSA) is 0 Å². The maximum Gasteiger partial charge on any atom is 0.273 e. The summed E-state index contributed by atoms with van der Waals surface area (Å²) in [5.74, 6) is 0.588. The van der Waals surface area contributed by atoms with E-state index in [-0.39, 0.29) is 5.57 Å². The van der Waals surface area contributed by atoms with Crippen LogP contribution in [0.1, 0.15) is 31.9 Å². The summed E-state index contributed by atoms with van der Waals surface area (Å²) in [5, 5.41) is 0. The highest BCUT2D eigenvalue weighted by Crippen LogP contribution is 2.21. The van der Waals surface area contributed by atoms with Crippen LogP contribution in [0.15, 0.2) is 30.3 Å². The summed E-state index contributed by atoms with van der Waals surface area (Å²) in [6.07, 6.45) is -0.618. The molecule has 0 aromatic heterocycles. The highest BCUT2D eigenvalue weighted by Gasteiger charge is 2.03. The standard InChI is InChI=1S/C13H16F2/c1-9(2)8-11-4-6-12(7-5-11)10(3)13(14)15/h4-7,9H,8H2,1-3H3. The molecule has 0 aliphatic heterocycles. The van der Waals surface area contributed by atoms with E-state index >= 15 is 0 Å². The quantitative estimate of drug-likeness (QED) is 0.688. The van der Waals surface area contributed by atoms with E-state index in [0.717, 1.165) is 6.42 Å². The van der Waals surface area contributed by atoms with E-state index in [1.807, 2.05) is 12.1 Å². The van der Waals surface area contributed by atoms with Gasteiger partial charge in [-0.05, 0) is 30.4 Å². The van der Waals surface area contributed by atoms with E-state index in [1.54, 1.807) is 12.1 Å². The predicted molar refractivity (Wildman–Crippen MR) is 59.8 cm³/mol. The molecule has 2 heteroatoms. The molecule has 0 saturated carbocycles. The first-order valence-electron chi connectivity index (χ1n) is 5.12. The lowest BCUT2D eigenvalue weighted by molar-refractivity contribution is 0.425. The predicted octanol–water partition coefficient (Wildman–Crippen LogP) is 4.51. The summed E-state index contributed by atoms with van der Waals surface area (Å²) < 4.78 is 24.6. The third-order valence-corrected chi connectivity index (χ3v) is 2.31. The van der Waals surface area contributed by atoms with Gasteiger partial charge in [-0.25, -0.2) is 0 Å². The van der Waals surface area contributed by atoms with Gasteiger partial charge in [0.05, 0.1) is 0 Å². The number of allylic oxidation sites excluding steroid dienone is 1. The number of benzene rings is 1. The molecule has 0 radical (unpaired) electrons. The zero-order chi connectivity index (χ0) is 11.4. The molecule has 0 unspecified atom stereocenters. The van der Waals surface area contributed by atoms with Crippen molar-refractivity contribution in [3.8, 4) is 0 Å². The molecule has 0 nitrogen and oxygen atoms in total. The normalized spacial score (nSPS) is 10.5. The smallest absolute Gasteiger partial charge is 0.173 e. The molecule has 82 valence electrons. The molecule has 0 atom stereocenters. The van der Waals surface area contributed by atoms with Crippen LogP contribution in [0.25, 0.3) is 5.57 Å². The van der Waals surface area contributed by atoms with E-state index in [9.17, 15) is 8.78 Å². The van der Waals surface area contributed by atoms with Crippen molar-refractivity contribution in [3.63, 3.8) is 0 Å². The van der Waals surface area contributed by atoms with E-state index in [4.69, 9.17) is 0 Å². The molecule has 1 aromatic rings. The van der Waals surface area contributed by atoms with E-state index in [0.29, 0.717) is 11.5 Å². The van der Waals surface area contributed by atoms with Gasteiger partial charge >= 0.3 is 0 Å². The van der Waals surface area contributed by atoms with Crippen molar-refractivity contribution in [2.75, 3.05) is 0 Å². The molecule has 1 rings (SSSR count). The highest BCUT2D eigenvalue weighted by molar-refractivity contribution is 5.64. The van der Waals surface area contributed by atoms with Crippen LogP contribution in [0.2, 0.25) is 0 Å². The van der Waals surface area contributed by atoms with Crippen LogP contribution in [0.3, 0.4) is 0 Å². The maximum atomic E-state index is 12.3. The molecule has 0 saturated heterocycles. The van der Waals surface area contributed by atoms with Gasteiger partial charge in [-0.1, -0.05) is 38.1 Å². The second-order valence-corrected chi connectivity index (χ2v) is 4.18. The minimum absolute atomic E-state index is 0.0612. The Morgan fingerprint density at radius 2 is 1.67 bits per heavy atom. The van der Waals surface area contributed by atoms with Crippen LogP contribution in [0.4, 0.5) is 8.78 Å². The molecule has 0 N–H and O–H groups in total. The second-order valence-electron chi connectivity index (χ2n) is 4.18. The number of rotatable bonds is 3. The Balaban J connectivity index is 2.86. The van der Waals surface area contributed by atoms with Crippen LogP contribution in [0.5, 0.6) is 0 Å². The third-order valence-electron chi connectivity index (χ3n) is 2.31. The van der Waals surface area contributed by atoms with Crippen LogP contribution in [-0.4, -0.2) is 0 Å². The van der Waals surface area contributed by atoms with Gasteiger partial charge in [0.2, 0.25) is 0 Å². The SMILES string of the molecule is CC(=C(F)F)c1ccc(CC(C)C)cc1.